The van der Waals surface area contributed by atoms with Gasteiger partial charge in [-0.3, -0.25) is 4.48 Å². The van der Waals surface area contributed by atoms with Crippen LogP contribution in [-0.4, -0.2) is 40.0 Å². The fourth-order valence-electron chi connectivity index (χ4n) is 3.41. The second-order valence-corrected chi connectivity index (χ2v) is 6.96. The molecule has 1 aromatic rings. The molecule has 0 amide bonds. The molecule has 0 saturated carbocycles. The molecule has 0 aromatic heterocycles. The molecule has 25 heavy (non-hydrogen) atoms. The van der Waals surface area contributed by atoms with Crippen LogP contribution in [0.2, 0.25) is 0 Å². The van der Waals surface area contributed by atoms with Crippen molar-refractivity contribution in [2.75, 3.05) is 40.0 Å². The Morgan fingerprint density at radius 3 is 1.92 bits per heavy atom. The molecule has 0 bridgehead atoms. The molecular formula is C22H40NO2+. The molecule has 0 radical (unpaired) electrons. The van der Waals surface area contributed by atoms with E-state index in [-0.39, 0.29) is 0 Å². The van der Waals surface area contributed by atoms with Gasteiger partial charge in [0.25, 0.3) is 0 Å². The Kier molecular flexibility index (Phi) is 11.6. The standard InChI is InChI=1S/C22H40NO2/c1-5-8-9-10-11-12-13-19-25-22-16-14-21(15-17-22)23(6-2,7-3)18-20-24-4/h14-17H,5-13,18-20H2,1-4H3/q+1. The molecule has 0 saturated heterocycles. The first-order valence-corrected chi connectivity index (χ1v) is 10.3. The van der Waals surface area contributed by atoms with Crippen LogP contribution in [0.5, 0.6) is 5.75 Å². The van der Waals surface area contributed by atoms with Crippen LogP contribution in [0.3, 0.4) is 0 Å². The Labute approximate surface area is 155 Å². The number of likely N-dealkylation sites (N-methyl/N-ethyl adjacent to an activating group) is 1. The minimum Gasteiger partial charge on any atom is -0.494 e. The molecule has 0 aliphatic rings. The van der Waals surface area contributed by atoms with Gasteiger partial charge >= 0.3 is 0 Å². The third-order valence-electron chi connectivity index (χ3n) is 5.34. The van der Waals surface area contributed by atoms with Gasteiger partial charge in [0.15, 0.2) is 0 Å². The Hall–Kier alpha value is -1.06. The number of methoxy groups -OCH3 is 1. The molecule has 0 atom stereocenters. The summed E-state index contributed by atoms with van der Waals surface area (Å²) in [7, 11) is 1.78. The van der Waals surface area contributed by atoms with Crippen LogP contribution in [0.25, 0.3) is 0 Å². The summed E-state index contributed by atoms with van der Waals surface area (Å²) in [5.41, 5.74) is 1.35. The zero-order valence-electron chi connectivity index (χ0n) is 17.1. The van der Waals surface area contributed by atoms with Crippen molar-refractivity contribution in [3.05, 3.63) is 24.3 Å². The van der Waals surface area contributed by atoms with Crippen molar-refractivity contribution >= 4 is 5.69 Å². The van der Waals surface area contributed by atoms with Gasteiger partial charge in [0.2, 0.25) is 0 Å². The Morgan fingerprint density at radius 1 is 0.760 bits per heavy atom. The topological polar surface area (TPSA) is 18.5 Å². The highest BCUT2D eigenvalue weighted by molar-refractivity contribution is 5.46. The summed E-state index contributed by atoms with van der Waals surface area (Å²) in [6, 6.07) is 8.70. The van der Waals surface area contributed by atoms with Gasteiger partial charge in [-0.15, -0.1) is 0 Å². The molecule has 0 unspecified atom stereocenters. The lowest BCUT2D eigenvalue weighted by Crippen LogP contribution is -2.51. The van der Waals surface area contributed by atoms with E-state index in [0.717, 1.165) is 49.5 Å². The van der Waals surface area contributed by atoms with Gasteiger partial charge < -0.3 is 9.47 Å². The van der Waals surface area contributed by atoms with Crippen molar-refractivity contribution in [3.63, 3.8) is 0 Å². The first kappa shape index (κ1) is 22.0. The third kappa shape index (κ3) is 7.79. The van der Waals surface area contributed by atoms with Crippen molar-refractivity contribution in [2.24, 2.45) is 0 Å². The number of unbranched alkanes of at least 4 members (excludes halogenated alkanes) is 6. The van der Waals surface area contributed by atoms with Crippen molar-refractivity contribution < 1.29 is 9.47 Å². The van der Waals surface area contributed by atoms with E-state index >= 15 is 0 Å². The molecule has 1 aromatic carbocycles. The van der Waals surface area contributed by atoms with Crippen molar-refractivity contribution in [2.45, 2.75) is 65.7 Å². The van der Waals surface area contributed by atoms with Crippen LogP contribution in [0.15, 0.2) is 24.3 Å². The summed E-state index contributed by atoms with van der Waals surface area (Å²) in [5.74, 6) is 0.992. The highest BCUT2D eigenvalue weighted by atomic mass is 16.5. The van der Waals surface area contributed by atoms with E-state index in [2.05, 4.69) is 45.0 Å². The van der Waals surface area contributed by atoms with E-state index in [0.29, 0.717) is 0 Å². The maximum atomic E-state index is 5.92. The maximum Gasteiger partial charge on any atom is 0.133 e. The second-order valence-electron chi connectivity index (χ2n) is 6.96. The minimum atomic E-state index is 0.790. The number of benzene rings is 1. The van der Waals surface area contributed by atoms with Crippen LogP contribution < -0.4 is 9.22 Å². The van der Waals surface area contributed by atoms with E-state index in [1.165, 1.54) is 44.2 Å². The van der Waals surface area contributed by atoms with Gasteiger partial charge in [0.05, 0.1) is 26.3 Å². The lowest BCUT2D eigenvalue weighted by Gasteiger charge is -2.36. The first-order valence-electron chi connectivity index (χ1n) is 10.3. The van der Waals surface area contributed by atoms with E-state index in [4.69, 9.17) is 9.47 Å². The number of hydrogen-bond acceptors (Lipinski definition) is 2. The molecule has 0 fully saturated rings. The summed E-state index contributed by atoms with van der Waals surface area (Å²) in [6.45, 7) is 11.6. The third-order valence-corrected chi connectivity index (χ3v) is 5.34. The van der Waals surface area contributed by atoms with Crippen molar-refractivity contribution in [1.82, 2.24) is 4.48 Å². The fourth-order valence-corrected chi connectivity index (χ4v) is 3.41. The second kappa shape index (κ2) is 13.2. The van der Waals surface area contributed by atoms with Gasteiger partial charge in [-0.1, -0.05) is 45.4 Å². The van der Waals surface area contributed by atoms with Crippen LogP contribution in [0.4, 0.5) is 5.69 Å². The SMILES string of the molecule is CCCCCCCCCOc1ccc([N+](CC)(CC)CCOC)cc1. The minimum absolute atomic E-state index is 0.790. The van der Waals surface area contributed by atoms with Gasteiger partial charge in [-0.2, -0.15) is 0 Å². The number of hydrogen-bond donors (Lipinski definition) is 0. The number of ether oxygens (including phenoxy) is 2. The summed E-state index contributed by atoms with van der Waals surface area (Å²) >= 11 is 0. The molecule has 0 aliphatic heterocycles. The predicted octanol–water partition coefficient (Wildman–Crippen LogP) is 5.81. The quantitative estimate of drug-likeness (QED) is 0.293. The van der Waals surface area contributed by atoms with E-state index < -0.39 is 0 Å². The summed E-state index contributed by atoms with van der Waals surface area (Å²) in [6.07, 6.45) is 9.24. The molecule has 0 heterocycles. The first-order chi connectivity index (χ1) is 12.2. The molecule has 1 rings (SSSR count). The van der Waals surface area contributed by atoms with Gasteiger partial charge in [0, 0.05) is 19.2 Å². The van der Waals surface area contributed by atoms with Gasteiger partial charge in [-0.05, 0) is 32.4 Å². The Morgan fingerprint density at radius 2 is 1.36 bits per heavy atom. The summed E-state index contributed by atoms with van der Waals surface area (Å²) in [4.78, 5) is 0. The maximum absolute atomic E-state index is 5.92. The summed E-state index contributed by atoms with van der Waals surface area (Å²) in [5, 5.41) is 0. The van der Waals surface area contributed by atoms with Crippen LogP contribution in [0, 0.1) is 0 Å². The lowest BCUT2D eigenvalue weighted by atomic mass is 10.1. The molecule has 3 heteroatoms. The Balaban J connectivity index is 2.39. The number of rotatable bonds is 15. The summed E-state index contributed by atoms with van der Waals surface area (Å²) < 4.78 is 12.2. The predicted molar refractivity (Wildman–Crippen MR) is 110 cm³/mol. The molecule has 144 valence electrons. The normalized spacial score (nSPS) is 11.7. The molecular weight excluding hydrogens is 310 g/mol. The van der Waals surface area contributed by atoms with Crippen LogP contribution in [0.1, 0.15) is 65.7 Å². The van der Waals surface area contributed by atoms with E-state index in [1.54, 1.807) is 7.11 Å². The Bertz CT molecular complexity index is 426. The fraction of sp³-hybridized carbons (Fsp3) is 0.727. The van der Waals surface area contributed by atoms with Crippen molar-refractivity contribution in [1.29, 1.82) is 0 Å². The molecule has 3 nitrogen and oxygen atoms in total. The zero-order valence-corrected chi connectivity index (χ0v) is 17.1. The van der Waals surface area contributed by atoms with Gasteiger partial charge in [0.1, 0.15) is 18.0 Å². The number of nitrogens with zero attached hydrogens (tertiary/aromatic N) is 1. The largest absolute Gasteiger partial charge is 0.494 e. The average molecular weight is 351 g/mol. The van der Waals surface area contributed by atoms with Crippen LogP contribution in [-0.2, 0) is 4.74 Å². The molecule has 0 N–H and O–H groups in total. The lowest BCUT2D eigenvalue weighted by molar-refractivity contribution is 0.155. The zero-order chi connectivity index (χ0) is 18.4. The molecule has 0 aliphatic carbocycles. The van der Waals surface area contributed by atoms with E-state index in [9.17, 15) is 0 Å². The van der Waals surface area contributed by atoms with Crippen molar-refractivity contribution in [3.8, 4) is 5.75 Å². The highest BCUT2D eigenvalue weighted by Gasteiger charge is 2.26. The monoisotopic (exact) mass is 350 g/mol. The number of quaternary nitrogens is 1. The highest BCUT2D eigenvalue weighted by Crippen LogP contribution is 2.26. The molecule has 0 spiro atoms. The van der Waals surface area contributed by atoms with E-state index in [1.807, 2.05) is 0 Å². The van der Waals surface area contributed by atoms with Crippen LogP contribution >= 0.6 is 0 Å². The average Bonchev–Trinajstić information content (AvgIpc) is 2.66. The van der Waals surface area contributed by atoms with Gasteiger partial charge in [-0.25, -0.2) is 0 Å². The smallest absolute Gasteiger partial charge is 0.133 e.